The van der Waals surface area contributed by atoms with Gasteiger partial charge in [-0.3, -0.25) is 4.79 Å². The average molecular weight is 524 g/mol. The van der Waals surface area contributed by atoms with Crippen LogP contribution in [0.15, 0.2) is 42.5 Å². The zero-order valence-corrected chi connectivity index (χ0v) is 17.4. The Morgan fingerprint density at radius 3 is 2.04 bits per heavy atom. The first-order chi connectivity index (χ1) is 12.7. The van der Waals surface area contributed by atoms with Gasteiger partial charge in [-0.2, -0.15) is 0 Å². The quantitative estimate of drug-likeness (QED) is 0.252. The van der Waals surface area contributed by atoms with Gasteiger partial charge in [-0.15, -0.1) is 0 Å². The second-order valence-corrected chi connectivity index (χ2v) is 7.71. The summed E-state index contributed by atoms with van der Waals surface area (Å²) in [5.74, 6) is -1.57. The van der Waals surface area contributed by atoms with Crippen LogP contribution in [0.25, 0.3) is 11.1 Å². The maximum absolute atomic E-state index is 11.4. The number of aliphatic carboxylic acids is 1. The monoisotopic (exact) mass is 523 g/mol. The van der Waals surface area contributed by atoms with Crippen molar-refractivity contribution in [2.75, 3.05) is 0 Å². The number of carbonyl (C=O) groups excluding carboxylic acids is 1. The van der Waals surface area contributed by atoms with Gasteiger partial charge < -0.3 is 20.6 Å². The van der Waals surface area contributed by atoms with E-state index >= 15 is 0 Å². The number of hydrogen-bond acceptors (Lipinski definition) is 4. The van der Waals surface area contributed by atoms with E-state index in [2.05, 4.69) is 5.32 Å². The van der Waals surface area contributed by atoms with Gasteiger partial charge in [0.1, 0.15) is 6.10 Å². The summed E-state index contributed by atoms with van der Waals surface area (Å²) < 4.78 is -0.473. The SMILES string of the molecule is O=C(I)NC(Cc1ccc(-c2cc(Cl)cc(Cl)c2)cc1)C(O)C(O)C(=O)O. The molecule has 2 rings (SSSR count). The van der Waals surface area contributed by atoms with Gasteiger partial charge in [0.2, 0.25) is 0 Å². The smallest absolute Gasteiger partial charge is 0.335 e. The number of aliphatic hydroxyl groups is 2. The summed E-state index contributed by atoms with van der Waals surface area (Å²) in [7, 11) is 0. The number of carbonyl (C=O) groups is 2. The van der Waals surface area contributed by atoms with E-state index in [1.165, 1.54) is 22.6 Å². The van der Waals surface area contributed by atoms with Crippen molar-refractivity contribution >= 4 is 55.7 Å². The van der Waals surface area contributed by atoms with Crippen molar-refractivity contribution in [3.63, 3.8) is 0 Å². The van der Waals surface area contributed by atoms with Gasteiger partial charge >= 0.3 is 5.97 Å². The molecule has 0 saturated carbocycles. The van der Waals surface area contributed by atoms with Crippen LogP contribution >= 0.6 is 45.8 Å². The standard InChI is InChI=1S/C18H16Cl2INO5/c19-12-6-11(7-13(20)8-12)10-3-1-9(2-4-10)5-14(22-18(21)27)15(23)16(24)17(25)26/h1-4,6-8,14-16,23-24H,5H2,(H,22,27)(H,25,26). The van der Waals surface area contributed by atoms with Crippen LogP contribution in [0.3, 0.4) is 0 Å². The minimum atomic E-state index is -2.01. The van der Waals surface area contributed by atoms with Crippen LogP contribution in [-0.4, -0.2) is 43.5 Å². The van der Waals surface area contributed by atoms with Crippen LogP contribution < -0.4 is 5.32 Å². The summed E-state index contributed by atoms with van der Waals surface area (Å²) in [6.07, 6.45) is -3.53. The van der Waals surface area contributed by atoms with E-state index in [-0.39, 0.29) is 6.42 Å². The molecule has 3 atom stereocenters. The molecule has 1 amide bonds. The third-order valence-electron chi connectivity index (χ3n) is 3.89. The Hall–Kier alpha value is -1.39. The fourth-order valence-corrected chi connectivity index (χ4v) is 3.50. The molecule has 144 valence electrons. The van der Waals surface area contributed by atoms with Gasteiger partial charge in [0.05, 0.1) is 6.04 Å². The first-order valence-electron chi connectivity index (χ1n) is 7.77. The largest absolute Gasteiger partial charge is 0.479 e. The van der Waals surface area contributed by atoms with E-state index in [4.69, 9.17) is 28.3 Å². The van der Waals surface area contributed by atoms with E-state index in [0.717, 1.165) is 16.7 Å². The summed E-state index contributed by atoms with van der Waals surface area (Å²) in [5, 5.41) is 32.0. The third kappa shape index (κ3) is 6.32. The zero-order chi connectivity index (χ0) is 20.1. The highest BCUT2D eigenvalue weighted by atomic mass is 127. The molecule has 3 unspecified atom stereocenters. The third-order valence-corrected chi connectivity index (χ3v) is 4.64. The fourth-order valence-electron chi connectivity index (χ4n) is 2.58. The molecular weight excluding hydrogens is 508 g/mol. The van der Waals surface area contributed by atoms with E-state index in [0.29, 0.717) is 10.0 Å². The minimum Gasteiger partial charge on any atom is -0.479 e. The van der Waals surface area contributed by atoms with Crippen molar-refractivity contribution in [2.45, 2.75) is 24.7 Å². The molecule has 2 aromatic rings. The van der Waals surface area contributed by atoms with Gasteiger partial charge in [0, 0.05) is 32.6 Å². The Morgan fingerprint density at radius 2 is 1.56 bits per heavy atom. The van der Waals surface area contributed by atoms with E-state index in [9.17, 15) is 19.8 Å². The molecule has 0 heterocycles. The van der Waals surface area contributed by atoms with E-state index < -0.39 is 28.1 Å². The number of carboxylic acid groups (broad SMARTS) is 1. The van der Waals surface area contributed by atoms with Crippen LogP contribution in [0.5, 0.6) is 0 Å². The molecule has 9 heteroatoms. The summed E-state index contributed by atoms with van der Waals surface area (Å²) in [6, 6.07) is 11.4. The Balaban J connectivity index is 2.20. The summed E-state index contributed by atoms with van der Waals surface area (Å²) in [6.45, 7) is 0. The normalized spacial score (nSPS) is 14.3. The molecular formula is C18H16Cl2INO5. The molecule has 6 nitrogen and oxygen atoms in total. The minimum absolute atomic E-state index is 0.136. The van der Waals surface area contributed by atoms with Gasteiger partial charge in [-0.1, -0.05) is 47.5 Å². The maximum Gasteiger partial charge on any atom is 0.335 e. The lowest BCUT2D eigenvalue weighted by Gasteiger charge is -2.25. The summed E-state index contributed by atoms with van der Waals surface area (Å²) in [4.78, 5) is 22.2. The molecule has 0 aliphatic heterocycles. The van der Waals surface area contributed by atoms with E-state index in [1.54, 1.807) is 30.3 Å². The number of carboxylic acids is 1. The molecule has 27 heavy (non-hydrogen) atoms. The molecule has 0 aliphatic carbocycles. The van der Waals surface area contributed by atoms with Crippen molar-refractivity contribution in [1.29, 1.82) is 0 Å². The second-order valence-electron chi connectivity index (χ2n) is 5.86. The number of hydrogen-bond donors (Lipinski definition) is 4. The zero-order valence-electron chi connectivity index (χ0n) is 13.8. The Labute approximate surface area is 179 Å². The number of halogens is 3. The molecule has 4 N–H and O–H groups in total. The molecule has 0 spiro atoms. The fraction of sp³-hybridized carbons (Fsp3) is 0.222. The first-order valence-corrected chi connectivity index (χ1v) is 9.61. The number of rotatable bonds is 7. The van der Waals surface area contributed by atoms with Gasteiger partial charge in [-0.25, -0.2) is 4.79 Å². The Kier molecular flexibility index (Phi) is 7.87. The maximum atomic E-state index is 11.4. The molecule has 0 fully saturated rings. The molecule has 0 aliphatic rings. The van der Waals surface area contributed by atoms with Gasteiger partial charge in [0.15, 0.2) is 6.10 Å². The molecule has 2 aromatic carbocycles. The lowest BCUT2D eigenvalue weighted by Crippen LogP contribution is -2.50. The summed E-state index contributed by atoms with van der Waals surface area (Å²) >= 11 is 13.5. The highest BCUT2D eigenvalue weighted by molar-refractivity contribution is 14.1. The van der Waals surface area contributed by atoms with Crippen molar-refractivity contribution in [1.82, 2.24) is 5.32 Å². The molecule has 0 bridgehead atoms. The lowest BCUT2D eigenvalue weighted by atomic mass is 9.96. The van der Waals surface area contributed by atoms with Gasteiger partial charge in [-0.05, 0) is 41.3 Å². The number of aliphatic hydroxyl groups excluding tert-OH is 2. The number of benzene rings is 2. The lowest BCUT2D eigenvalue weighted by molar-refractivity contribution is -0.153. The first kappa shape index (κ1) is 21.9. The van der Waals surface area contributed by atoms with Crippen LogP contribution in [0.4, 0.5) is 4.79 Å². The Bertz CT molecular complexity index is 811. The van der Waals surface area contributed by atoms with Crippen LogP contribution in [0, 0.1) is 0 Å². The van der Waals surface area contributed by atoms with Crippen LogP contribution in [0.1, 0.15) is 5.56 Å². The topological polar surface area (TPSA) is 107 Å². The van der Waals surface area contributed by atoms with Crippen molar-refractivity contribution < 1.29 is 24.9 Å². The average Bonchev–Trinajstić information content (AvgIpc) is 2.59. The molecule has 0 radical (unpaired) electrons. The molecule has 0 saturated heterocycles. The highest BCUT2D eigenvalue weighted by Crippen LogP contribution is 2.27. The van der Waals surface area contributed by atoms with E-state index in [1.807, 2.05) is 12.1 Å². The van der Waals surface area contributed by atoms with Crippen molar-refractivity contribution in [3.05, 3.63) is 58.1 Å². The highest BCUT2D eigenvalue weighted by Gasteiger charge is 2.32. The van der Waals surface area contributed by atoms with Gasteiger partial charge in [0.25, 0.3) is 3.91 Å². The predicted molar refractivity (Wildman–Crippen MR) is 112 cm³/mol. The van der Waals surface area contributed by atoms with Crippen molar-refractivity contribution in [3.8, 4) is 11.1 Å². The predicted octanol–water partition coefficient (Wildman–Crippen LogP) is 3.52. The second kappa shape index (κ2) is 9.70. The van der Waals surface area contributed by atoms with Crippen LogP contribution in [-0.2, 0) is 11.2 Å². The molecule has 0 aromatic heterocycles. The Morgan fingerprint density at radius 1 is 1.00 bits per heavy atom. The number of nitrogens with one attached hydrogen (secondary N) is 1. The number of amides is 1. The van der Waals surface area contributed by atoms with Crippen LogP contribution in [0.2, 0.25) is 10.0 Å². The summed E-state index contributed by atoms with van der Waals surface area (Å²) in [5.41, 5.74) is 2.43. The van der Waals surface area contributed by atoms with Crippen molar-refractivity contribution in [2.24, 2.45) is 0 Å².